The molecule has 1 aromatic carbocycles. The molecule has 0 atom stereocenters. The fourth-order valence-electron chi connectivity index (χ4n) is 2.14. The number of carbonyl (C=O) groups excluding carboxylic acids is 1. The minimum absolute atomic E-state index is 0.0805. The maximum atomic E-state index is 11.9. The van der Waals surface area contributed by atoms with E-state index in [0.29, 0.717) is 6.54 Å². The largest absolute Gasteiger partial charge is 0.348 e. The summed E-state index contributed by atoms with van der Waals surface area (Å²) in [6.45, 7) is 6.70. The molecule has 0 fully saturated rings. The van der Waals surface area contributed by atoms with Crippen molar-refractivity contribution in [3.63, 3.8) is 0 Å². The molecule has 1 heterocycles. The van der Waals surface area contributed by atoms with E-state index in [1.807, 2.05) is 30.3 Å². The van der Waals surface area contributed by atoms with Gasteiger partial charge in [0.25, 0.3) is 0 Å². The lowest BCUT2D eigenvalue weighted by molar-refractivity contribution is -0.116. The molecule has 2 aromatic rings. The molecule has 1 aromatic heterocycles. The molecule has 2 rings (SSSR count). The highest BCUT2D eigenvalue weighted by Gasteiger charge is 2.19. The number of rotatable bonds is 4. The molecule has 0 saturated carbocycles. The molecule has 1 N–H and O–H groups in total. The van der Waals surface area contributed by atoms with E-state index in [9.17, 15) is 4.79 Å². The van der Waals surface area contributed by atoms with Gasteiger partial charge in [0, 0.05) is 29.8 Å². The maximum absolute atomic E-state index is 11.9. The van der Waals surface area contributed by atoms with E-state index in [1.165, 1.54) is 6.08 Å². The van der Waals surface area contributed by atoms with Crippen LogP contribution in [0.1, 0.15) is 37.6 Å². The van der Waals surface area contributed by atoms with Crippen LogP contribution in [-0.2, 0) is 16.8 Å². The first kappa shape index (κ1) is 15.9. The molecular formula is C18H21N3O. The van der Waals surface area contributed by atoms with Crippen LogP contribution >= 0.6 is 0 Å². The van der Waals surface area contributed by atoms with E-state index in [1.54, 1.807) is 18.6 Å². The Hall–Kier alpha value is -2.49. The van der Waals surface area contributed by atoms with E-state index >= 15 is 0 Å². The Kier molecular flexibility index (Phi) is 5.04. The van der Waals surface area contributed by atoms with E-state index in [-0.39, 0.29) is 11.3 Å². The van der Waals surface area contributed by atoms with Crippen LogP contribution in [0.3, 0.4) is 0 Å². The molecule has 4 nitrogen and oxygen atoms in total. The Morgan fingerprint density at radius 1 is 1.23 bits per heavy atom. The van der Waals surface area contributed by atoms with Crippen LogP contribution in [0, 0.1) is 0 Å². The zero-order chi connectivity index (χ0) is 16.0. The monoisotopic (exact) mass is 295 g/mol. The van der Waals surface area contributed by atoms with Crippen molar-refractivity contribution in [1.29, 1.82) is 0 Å². The van der Waals surface area contributed by atoms with Gasteiger partial charge in [-0.15, -0.1) is 0 Å². The summed E-state index contributed by atoms with van der Waals surface area (Å²) >= 11 is 0. The van der Waals surface area contributed by atoms with Crippen LogP contribution in [0.2, 0.25) is 0 Å². The summed E-state index contributed by atoms with van der Waals surface area (Å²) in [4.78, 5) is 20.3. The van der Waals surface area contributed by atoms with Gasteiger partial charge in [-0.3, -0.25) is 4.79 Å². The van der Waals surface area contributed by atoms with E-state index < -0.39 is 0 Å². The molecule has 4 heteroatoms. The average molecular weight is 295 g/mol. The standard InChI is InChI=1S/C18H21N3O/c1-18(2,3)17-15(11-19-13-21-17)12-20-16(22)10-9-14-7-5-4-6-8-14/h4-11,13H,12H2,1-3H3,(H,20,22)/b10-9+. The lowest BCUT2D eigenvalue weighted by Gasteiger charge is -2.20. The minimum atomic E-state index is -0.132. The van der Waals surface area contributed by atoms with Gasteiger partial charge in [0.1, 0.15) is 6.33 Å². The first-order valence-electron chi connectivity index (χ1n) is 7.27. The number of carbonyl (C=O) groups is 1. The summed E-state index contributed by atoms with van der Waals surface area (Å²) < 4.78 is 0. The van der Waals surface area contributed by atoms with Crippen molar-refractivity contribution in [3.05, 3.63) is 65.8 Å². The van der Waals surface area contributed by atoms with Crippen LogP contribution in [0.5, 0.6) is 0 Å². The Balaban J connectivity index is 1.99. The van der Waals surface area contributed by atoms with E-state index in [2.05, 4.69) is 36.1 Å². The van der Waals surface area contributed by atoms with Crippen molar-refractivity contribution >= 4 is 12.0 Å². The average Bonchev–Trinajstić information content (AvgIpc) is 2.51. The summed E-state index contributed by atoms with van der Waals surface area (Å²) in [6.07, 6.45) is 6.63. The third-order valence-corrected chi connectivity index (χ3v) is 3.18. The van der Waals surface area contributed by atoms with Crippen molar-refractivity contribution in [1.82, 2.24) is 15.3 Å². The van der Waals surface area contributed by atoms with Crippen LogP contribution in [-0.4, -0.2) is 15.9 Å². The van der Waals surface area contributed by atoms with Crippen LogP contribution in [0.4, 0.5) is 0 Å². The van der Waals surface area contributed by atoms with Crippen molar-refractivity contribution in [2.75, 3.05) is 0 Å². The second-order valence-electron chi connectivity index (χ2n) is 6.11. The maximum Gasteiger partial charge on any atom is 0.244 e. The highest BCUT2D eigenvalue weighted by atomic mass is 16.1. The highest BCUT2D eigenvalue weighted by molar-refractivity contribution is 5.91. The highest BCUT2D eigenvalue weighted by Crippen LogP contribution is 2.22. The van der Waals surface area contributed by atoms with Gasteiger partial charge < -0.3 is 5.32 Å². The number of benzene rings is 1. The second kappa shape index (κ2) is 6.98. The third-order valence-electron chi connectivity index (χ3n) is 3.18. The predicted octanol–water partition coefficient (Wildman–Crippen LogP) is 3.10. The molecule has 0 unspecified atom stereocenters. The van der Waals surface area contributed by atoms with Gasteiger partial charge in [0.15, 0.2) is 0 Å². The molecule has 0 radical (unpaired) electrons. The van der Waals surface area contributed by atoms with E-state index in [4.69, 9.17) is 0 Å². The molecule has 0 saturated heterocycles. The van der Waals surface area contributed by atoms with Gasteiger partial charge in [0.2, 0.25) is 5.91 Å². The van der Waals surface area contributed by atoms with Gasteiger partial charge in [-0.05, 0) is 11.6 Å². The molecule has 114 valence electrons. The first-order chi connectivity index (χ1) is 10.5. The predicted molar refractivity (Wildman–Crippen MR) is 88.1 cm³/mol. The van der Waals surface area contributed by atoms with Gasteiger partial charge in [-0.2, -0.15) is 0 Å². The van der Waals surface area contributed by atoms with E-state index in [0.717, 1.165) is 16.8 Å². The smallest absolute Gasteiger partial charge is 0.244 e. The number of aromatic nitrogens is 2. The normalized spacial score (nSPS) is 11.6. The summed E-state index contributed by atoms with van der Waals surface area (Å²) in [5.74, 6) is -0.132. The quantitative estimate of drug-likeness (QED) is 0.882. The summed E-state index contributed by atoms with van der Waals surface area (Å²) in [5, 5.41) is 2.88. The van der Waals surface area contributed by atoms with Crippen LogP contribution < -0.4 is 5.32 Å². The zero-order valence-corrected chi connectivity index (χ0v) is 13.2. The van der Waals surface area contributed by atoms with Gasteiger partial charge in [-0.1, -0.05) is 51.1 Å². The molecule has 1 amide bonds. The van der Waals surface area contributed by atoms with Gasteiger partial charge in [-0.25, -0.2) is 9.97 Å². The van der Waals surface area contributed by atoms with Crippen molar-refractivity contribution in [2.24, 2.45) is 0 Å². The number of hydrogen-bond donors (Lipinski definition) is 1. The molecule has 0 aliphatic heterocycles. The van der Waals surface area contributed by atoms with Crippen LogP contribution in [0.25, 0.3) is 6.08 Å². The third kappa shape index (κ3) is 4.52. The first-order valence-corrected chi connectivity index (χ1v) is 7.27. The number of amides is 1. The fourth-order valence-corrected chi connectivity index (χ4v) is 2.14. The topological polar surface area (TPSA) is 54.9 Å². The number of nitrogens with one attached hydrogen (secondary N) is 1. The summed E-state index contributed by atoms with van der Waals surface area (Å²) in [7, 11) is 0. The number of hydrogen-bond acceptors (Lipinski definition) is 3. The van der Waals surface area contributed by atoms with Crippen molar-refractivity contribution in [2.45, 2.75) is 32.7 Å². The molecule has 0 spiro atoms. The minimum Gasteiger partial charge on any atom is -0.348 e. The number of nitrogens with zero attached hydrogens (tertiary/aromatic N) is 2. The fraction of sp³-hybridized carbons (Fsp3) is 0.278. The molecular weight excluding hydrogens is 274 g/mol. The Morgan fingerprint density at radius 3 is 2.64 bits per heavy atom. The van der Waals surface area contributed by atoms with Gasteiger partial charge >= 0.3 is 0 Å². The Morgan fingerprint density at radius 2 is 1.95 bits per heavy atom. The second-order valence-corrected chi connectivity index (χ2v) is 6.11. The molecule has 0 aliphatic carbocycles. The zero-order valence-electron chi connectivity index (χ0n) is 13.2. The summed E-state index contributed by atoms with van der Waals surface area (Å²) in [6, 6.07) is 9.73. The SMILES string of the molecule is CC(C)(C)c1ncncc1CNC(=O)/C=C/c1ccccc1. The lowest BCUT2D eigenvalue weighted by Crippen LogP contribution is -2.24. The van der Waals surface area contributed by atoms with Crippen molar-refractivity contribution in [3.8, 4) is 0 Å². The van der Waals surface area contributed by atoms with Crippen molar-refractivity contribution < 1.29 is 4.79 Å². The summed E-state index contributed by atoms with van der Waals surface area (Å²) in [5.41, 5.74) is 2.81. The Labute approximate surface area is 131 Å². The Bertz CT molecular complexity index is 658. The molecule has 22 heavy (non-hydrogen) atoms. The van der Waals surface area contributed by atoms with Gasteiger partial charge in [0.05, 0.1) is 5.69 Å². The lowest BCUT2D eigenvalue weighted by atomic mass is 9.89. The molecule has 0 aliphatic rings. The molecule has 0 bridgehead atoms. The van der Waals surface area contributed by atoms with Crippen LogP contribution in [0.15, 0.2) is 48.9 Å².